The van der Waals surface area contributed by atoms with Gasteiger partial charge in [-0.25, -0.2) is 5.10 Å². The van der Waals surface area contributed by atoms with Crippen molar-refractivity contribution in [2.45, 2.75) is 25.9 Å². The number of aromatic nitrogens is 4. The number of nitrogens with zero attached hydrogens (tertiary/aromatic N) is 3. The minimum Gasteiger partial charge on any atom is -0.288 e. The van der Waals surface area contributed by atoms with Crippen molar-refractivity contribution in [1.82, 2.24) is 15.1 Å². The molecule has 0 aliphatic heterocycles. The summed E-state index contributed by atoms with van der Waals surface area (Å²) in [6.07, 6.45) is -4.43. The summed E-state index contributed by atoms with van der Waals surface area (Å²) in [4.78, 5) is 7.81. The summed E-state index contributed by atoms with van der Waals surface area (Å²) >= 11 is 0. The second-order valence-corrected chi connectivity index (χ2v) is 5.58. The van der Waals surface area contributed by atoms with Crippen LogP contribution in [0.1, 0.15) is 24.0 Å². The van der Waals surface area contributed by atoms with E-state index in [1.807, 2.05) is 0 Å². The molecule has 132 valence electrons. The number of nitrogens with one attached hydrogen (secondary N) is 2. The molecule has 5 nitrogen and oxygen atoms in total. The molecule has 10 heteroatoms. The lowest BCUT2D eigenvalue weighted by Gasteiger charge is -2.08. The molecule has 3 rings (SSSR count). The number of benzene rings is 1. The molecule has 0 atom stereocenters. The Morgan fingerprint density at radius 1 is 1.04 bits per heavy atom. The Hall–Kier alpha value is -2.78. The first-order chi connectivity index (χ1) is 11.5. The van der Waals surface area contributed by atoms with Crippen LogP contribution in [0.4, 0.5) is 33.5 Å². The molecule has 1 aromatic carbocycles. The molecule has 0 saturated heterocycles. The van der Waals surface area contributed by atoms with Gasteiger partial charge in [0.25, 0.3) is 5.82 Å². The smallest absolute Gasteiger partial charge is 0.288 e. The van der Waals surface area contributed by atoms with Crippen molar-refractivity contribution in [3.8, 4) is 0 Å². The Balaban J connectivity index is 1.99. The van der Waals surface area contributed by atoms with Crippen molar-refractivity contribution in [3.63, 3.8) is 0 Å². The molecule has 0 fully saturated rings. The summed E-state index contributed by atoms with van der Waals surface area (Å²) in [5.41, 5.74) is 0.0786. The fourth-order valence-corrected chi connectivity index (χ4v) is 2.21. The lowest BCUT2D eigenvalue weighted by Crippen LogP contribution is -2.29. The van der Waals surface area contributed by atoms with Gasteiger partial charge in [0.05, 0.1) is 11.3 Å². The number of hydrogen-bond acceptors (Lipinski definition) is 3. The first-order valence-corrected chi connectivity index (χ1v) is 7.16. The van der Waals surface area contributed by atoms with E-state index >= 15 is 0 Å². The van der Waals surface area contributed by atoms with E-state index in [4.69, 9.17) is 0 Å². The van der Waals surface area contributed by atoms with Gasteiger partial charge in [0.1, 0.15) is 5.69 Å². The van der Waals surface area contributed by atoms with Crippen LogP contribution in [0, 0.1) is 6.92 Å². The van der Waals surface area contributed by atoms with Crippen LogP contribution in [-0.2, 0) is 12.1 Å². The third kappa shape index (κ3) is 3.52. The molecule has 25 heavy (non-hydrogen) atoms. The molecular weight excluding hydrogens is 345 g/mol. The highest BCUT2D eigenvalue weighted by molar-refractivity contribution is 5.55. The van der Waals surface area contributed by atoms with E-state index in [-0.39, 0.29) is 5.78 Å². The topological polar surface area (TPSA) is 57.7 Å². The van der Waals surface area contributed by atoms with Gasteiger partial charge in [0, 0.05) is 13.0 Å². The van der Waals surface area contributed by atoms with E-state index in [0.717, 1.165) is 12.1 Å². The molecule has 2 heterocycles. The SMILES string of the molecule is Cc1cc(Nc2ccc(C(F)(F)F)cc2)[n+]2[nH]c(C(C)(F)F)nc2n1. The van der Waals surface area contributed by atoms with E-state index in [1.54, 1.807) is 13.0 Å². The summed E-state index contributed by atoms with van der Waals surface area (Å²) in [7, 11) is 0. The van der Waals surface area contributed by atoms with Crippen LogP contribution in [0.5, 0.6) is 0 Å². The van der Waals surface area contributed by atoms with Crippen molar-refractivity contribution in [1.29, 1.82) is 0 Å². The number of aromatic amines is 1. The Labute approximate surface area is 138 Å². The number of fused-ring (bicyclic) bond motifs is 1. The first kappa shape index (κ1) is 17.1. The van der Waals surface area contributed by atoms with E-state index in [1.165, 1.54) is 16.6 Å². The van der Waals surface area contributed by atoms with Gasteiger partial charge in [-0.05, 0) is 31.2 Å². The van der Waals surface area contributed by atoms with Crippen molar-refractivity contribution in [2.75, 3.05) is 5.32 Å². The minimum atomic E-state index is -4.43. The lowest BCUT2D eigenvalue weighted by molar-refractivity contribution is -0.566. The van der Waals surface area contributed by atoms with E-state index < -0.39 is 23.5 Å². The number of anilines is 2. The fraction of sp³-hybridized carbons (Fsp3) is 0.267. The number of halogens is 5. The van der Waals surface area contributed by atoms with E-state index in [2.05, 4.69) is 20.4 Å². The fourth-order valence-electron chi connectivity index (χ4n) is 2.21. The first-order valence-electron chi connectivity index (χ1n) is 7.16. The van der Waals surface area contributed by atoms with Crippen molar-refractivity contribution in [2.24, 2.45) is 0 Å². The van der Waals surface area contributed by atoms with Gasteiger partial charge >= 0.3 is 17.9 Å². The molecule has 0 aliphatic carbocycles. The maximum absolute atomic E-state index is 13.4. The normalized spacial score (nSPS) is 12.6. The van der Waals surface area contributed by atoms with Gasteiger partial charge in [-0.1, -0.05) is 4.98 Å². The highest BCUT2D eigenvalue weighted by Gasteiger charge is 2.34. The Bertz CT molecular complexity index is 909. The molecule has 0 amide bonds. The van der Waals surface area contributed by atoms with Crippen LogP contribution in [0.2, 0.25) is 0 Å². The number of alkyl halides is 5. The molecule has 2 N–H and O–H groups in total. The number of aryl methyl sites for hydroxylation is 1. The summed E-state index contributed by atoms with van der Waals surface area (Å²) < 4.78 is 65.9. The zero-order valence-electron chi connectivity index (χ0n) is 13.1. The Morgan fingerprint density at radius 2 is 1.68 bits per heavy atom. The van der Waals surface area contributed by atoms with Gasteiger partial charge in [0.15, 0.2) is 0 Å². The van der Waals surface area contributed by atoms with Gasteiger partial charge in [-0.15, -0.1) is 9.50 Å². The van der Waals surface area contributed by atoms with Crippen LogP contribution in [0.25, 0.3) is 5.78 Å². The quantitative estimate of drug-likeness (QED) is 0.554. The monoisotopic (exact) mass is 358 g/mol. The zero-order valence-corrected chi connectivity index (χ0v) is 13.1. The maximum Gasteiger partial charge on any atom is 0.416 e. The highest BCUT2D eigenvalue weighted by atomic mass is 19.4. The van der Waals surface area contributed by atoms with E-state index in [9.17, 15) is 22.0 Å². The third-order valence-electron chi connectivity index (χ3n) is 3.39. The van der Waals surface area contributed by atoms with Gasteiger partial charge in [0.2, 0.25) is 5.82 Å². The molecule has 2 aromatic heterocycles. The second-order valence-electron chi connectivity index (χ2n) is 5.58. The van der Waals surface area contributed by atoms with Crippen LogP contribution in [-0.4, -0.2) is 15.1 Å². The molecule has 0 radical (unpaired) electrons. The van der Waals surface area contributed by atoms with Crippen molar-refractivity contribution >= 4 is 17.3 Å². The minimum absolute atomic E-state index is 0.0194. The van der Waals surface area contributed by atoms with Crippen molar-refractivity contribution in [3.05, 3.63) is 47.4 Å². The molecule has 0 aliphatic rings. The van der Waals surface area contributed by atoms with Crippen LogP contribution in [0.3, 0.4) is 0 Å². The van der Waals surface area contributed by atoms with Crippen LogP contribution < -0.4 is 9.83 Å². The van der Waals surface area contributed by atoms with Crippen molar-refractivity contribution < 1.29 is 26.5 Å². The summed E-state index contributed by atoms with van der Waals surface area (Å²) in [5, 5.41) is 5.31. The predicted molar refractivity (Wildman–Crippen MR) is 78.6 cm³/mol. The molecule has 0 unspecified atom stereocenters. The van der Waals surface area contributed by atoms with Gasteiger partial charge < -0.3 is 0 Å². The third-order valence-corrected chi connectivity index (χ3v) is 3.39. The average Bonchev–Trinajstić information content (AvgIpc) is 2.91. The molecule has 0 spiro atoms. The number of H-pyrrole nitrogens is 1. The molecule has 0 saturated carbocycles. The predicted octanol–water partition coefficient (Wildman–Crippen LogP) is 3.73. The lowest BCUT2D eigenvalue weighted by atomic mass is 10.2. The maximum atomic E-state index is 13.4. The standard InChI is InChI=1S/C15H12F5N5/c1-8-7-11(22-10-5-3-9(4-6-10)15(18,19)20)25-13(21-8)23-12(24-25)14(2,16)17/h3-7H,1-2H3,(H,21,22,23,24)/p+1. The average molecular weight is 358 g/mol. The summed E-state index contributed by atoms with van der Waals surface area (Å²) in [6.45, 7) is 2.34. The molecule has 0 bridgehead atoms. The summed E-state index contributed by atoms with van der Waals surface area (Å²) in [6, 6.07) is 5.90. The zero-order chi connectivity index (χ0) is 18.4. The van der Waals surface area contributed by atoms with Gasteiger partial charge in [-0.2, -0.15) is 22.0 Å². The van der Waals surface area contributed by atoms with Crippen LogP contribution >= 0.6 is 0 Å². The van der Waals surface area contributed by atoms with Gasteiger partial charge in [-0.3, -0.25) is 5.32 Å². The van der Waals surface area contributed by atoms with Crippen LogP contribution in [0.15, 0.2) is 30.3 Å². The largest absolute Gasteiger partial charge is 0.416 e. The highest BCUT2D eigenvalue weighted by Crippen LogP contribution is 2.30. The molecule has 3 aromatic rings. The summed E-state index contributed by atoms with van der Waals surface area (Å²) in [5.74, 6) is -3.43. The second kappa shape index (κ2) is 5.64. The Kier molecular flexibility index (Phi) is 3.85. The number of rotatable bonds is 3. The number of hydrogen-bond donors (Lipinski definition) is 2. The molecular formula is C15H13F5N5+. The Morgan fingerprint density at radius 3 is 2.24 bits per heavy atom. The van der Waals surface area contributed by atoms with E-state index in [0.29, 0.717) is 24.1 Å².